The van der Waals surface area contributed by atoms with Crippen molar-refractivity contribution in [2.75, 3.05) is 11.2 Å². The van der Waals surface area contributed by atoms with Crippen LogP contribution in [-0.2, 0) is 47.6 Å². The summed E-state index contributed by atoms with van der Waals surface area (Å²) in [7, 11) is -3.57. The van der Waals surface area contributed by atoms with Crippen molar-refractivity contribution < 1.29 is 50.1 Å². The number of para-hydroxylation sites is 1. The minimum atomic E-state index is -3.57. The second-order valence-corrected chi connectivity index (χ2v) is 5.53. The van der Waals surface area contributed by atoms with E-state index >= 15 is 0 Å². The smallest absolute Gasteiger partial charge is 0.306 e. The molecule has 2 aromatic rings. The van der Waals surface area contributed by atoms with Gasteiger partial charge in [0.2, 0.25) is 0 Å². The van der Waals surface area contributed by atoms with Crippen LogP contribution in [0.4, 0.5) is 11.4 Å². The van der Waals surface area contributed by atoms with Crippen LogP contribution in [0, 0.1) is 6.07 Å². The minimum Gasteiger partial charge on any atom is -0.465 e. The van der Waals surface area contributed by atoms with Crippen molar-refractivity contribution >= 4 is 27.9 Å². The van der Waals surface area contributed by atoms with Gasteiger partial charge in [-0.2, -0.15) is 32.3 Å². The van der Waals surface area contributed by atoms with E-state index in [1.807, 2.05) is 0 Å². The third kappa shape index (κ3) is 5.23. The van der Waals surface area contributed by atoms with Crippen molar-refractivity contribution in [1.82, 2.24) is 0 Å². The zero-order valence-electron chi connectivity index (χ0n) is 11.2. The Balaban J connectivity index is 0.00000220. The number of hydrogen-bond acceptors (Lipinski definition) is 4. The predicted molar refractivity (Wildman–Crippen MR) is 75.0 cm³/mol. The molecule has 0 saturated carbocycles. The Kier molecular flexibility index (Phi) is 6.52. The molecule has 107 valence electrons. The van der Waals surface area contributed by atoms with E-state index in [2.05, 4.69) is 6.07 Å². The molecule has 0 aliphatic carbocycles. The van der Waals surface area contributed by atoms with Gasteiger partial charge in [-0.15, -0.1) is 0 Å². The van der Waals surface area contributed by atoms with Crippen molar-refractivity contribution in [2.45, 2.75) is 0 Å². The SMILES string of the molecule is CS(=O)(=O)Oc1ccc(N([C-]=O)c2[c-]cccc2)cc1.[Y]. The van der Waals surface area contributed by atoms with E-state index in [-0.39, 0.29) is 38.5 Å². The van der Waals surface area contributed by atoms with Crippen molar-refractivity contribution in [3.63, 3.8) is 0 Å². The van der Waals surface area contributed by atoms with Gasteiger partial charge in [-0.25, -0.2) is 12.1 Å². The third-order valence-electron chi connectivity index (χ3n) is 2.37. The van der Waals surface area contributed by atoms with Gasteiger partial charge in [0.05, 0.1) is 6.26 Å². The Morgan fingerprint density at radius 3 is 2.29 bits per heavy atom. The number of rotatable bonds is 5. The largest absolute Gasteiger partial charge is 0.465 e. The predicted octanol–water partition coefficient (Wildman–Crippen LogP) is 2.03. The zero-order valence-corrected chi connectivity index (χ0v) is 14.8. The van der Waals surface area contributed by atoms with Crippen LogP contribution in [0.15, 0.2) is 48.5 Å². The molecule has 5 nitrogen and oxygen atoms in total. The van der Waals surface area contributed by atoms with E-state index in [1.54, 1.807) is 42.8 Å². The summed E-state index contributed by atoms with van der Waals surface area (Å²) in [4.78, 5) is 12.3. The van der Waals surface area contributed by atoms with E-state index in [1.165, 1.54) is 17.0 Å². The van der Waals surface area contributed by atoms with Gasteiger partial charge in [0.15, 0.2) is 0 Å². The van der Waals surface area contributed by atoms with Gasteiger partial charge in [-0.3, -0.25) is 0 Å². The van der Waals surface area contributed by atoms with E-state index in [9.17, 15) is 13.2 Å². The molecule has 1 radical (unpaired) electrons. The maximum Gasteiger partial charge on any atom is 0.306 e. The Labute approximate surface area is 148 Å². The fourth-order valence-corrected chi connectivity index (χ4v) is 2.05. The Bertz CT molecular complexity index is 687. The number of carbonyl (C=O) groups excluding carboxylic acids is 1. The summed E-state index contributed by atoms with van der Waals surface area (Å²) in [6.45, 7) is 0. The molecule has 2 rings (SSSR count). The Hall–Kier alpha value is -1.24. The molecule has 0 spiro atoms. The molecule has 0 heterocycles. The molecule has 0 atom stereocenters. The summed E-state index contributed by atoms with van der Waals surface area (Å²) < 4.78 is 26.7. The second kappa shape index (κ2) is 7.68. The van der Waals surface area contributed by atoms with Crippen LogP contribution in [-0.4, -0.2) is 21.1 Å². The molecule has 0 unspecified atom stereocenters. The number of amides is 1. The molecule has 0 N–H and O–H groups in total. The van der Waals surface area contributed by atoms with Crippen molar-refractivity contribution in [2.24, 2.45) is 0 Å². The van der Waals surface area contributed by atoms with E-state index in [0.29, 0.717) is 11.4 Å². The van der Waals surface area contributed by atoms with Crippen molar-refractivity contribution in [3.05, 3.63) is 54.6 Å². The first kappa shape index (κ1) is 17.8. The summed E-state index contributed by atoms with van der Waals surface area (Å²) in [6, 6.07) is 15.9. The molecule has 0 bridgehead atoms. The maximum atomic E-state index is 11.1. The molecular weight excluding hydrogens is 367 g/mol. The summed E-state index contributed by atoms with van der Waals surface area (Å²) in [5.41, 5.74) is 1.07. The molecular formula is C14H11NO4SY-2. The van der Waals surface area contributed by atoms with Crippen molar-refractivity contribution in [1.29, 1.82) is 0 Å². The summed E-state index contributed by atoms with van der Waals surface area (Å²) >= 11 is 0. The molecule has 0 aliphatic heterocycles. The van der Waals surface area contributed by atoms with Crippen LogP contribution in [0.5, 0.6) is 5.75 Å². The monoisotopic (exact) mass is 378 g/mol. The molecule has 0 aliphatic rings. The first-order valence-electron chi connectivity index (χ1n) is 5.64. The number of benzene rings is 2. The van der Waals surface area contributed by atoms with Gasteiger partial charge in [0, 0.05) is 32.7 Å². The topological polar surface area (TPSA) is 63.7 Å². The van der Waals surface area contributed by atoms with Crippen LogP contribution in [0.3, 0.4) is 0 Å². The average molecular weight is 378 g/mol. The number of anilines is 2. The molecule has 1 amide bonds. The molecule has 7 heteroatoms. The summed E-state index contributed by atoms with van der Waals surface area (Å²) in [5.74, 6) is 0.180. The molecule has 0 fully saturated rings. The van der Waals surface area contributed by atoms with Gasteiger partial charge in [-0.05, 0) is 12.1 Å². The Morgan fingerprint density at radius 1 is 1.14 bits per heavy atom. The van der Waals surface area contributed by atoms with Gasteiger partial charge >= 0.3 is 10.1 Å². The number of nitrogens with zero attached hydrogens (tertiary/aromatic N) is 1. The standard InChI is InChI=1S/C14H11NO4S.Y/c1-20(17,18)19-14-9-7-13(8-10-14)15(11-16)12-5-3-2-4-6-12;/h2-5,7-10H,1H3;/q-2;. The molecule has 2 aromatic carbocycles. The van der Waals surface area contributed by atoms with E-state index < -0.39 is 10.1 Å². The fraction of sp³-hybridized carbons (Fsp3) is 0.0714. The first-order valence-corrected chi connectivity index (χ1v) is 7.45. The van der Waals surface area contributed by atoms with Gasteiger partial charge in [0.1, 0.15) is 12.2 Å². The van der Waals surface area contributed by atoms with E-state index in [4.69, 9.17) is 4.18 Å². The second-order valence-electron chi connectivity index (χ2n) is 3.96. The van der Waals surface area contributed by atoms with Crippen molar-refractivity contribution in [3.8, 4) is 5.75 Å². The van der Waals surface area contributed by atoms with Gasteiger partial charge in [0.25, 0.3) is 0 Å². The van der Waals surface area contributed by atoms with Crippen LogP contribution < -0.4 is 9.08 Å². The third-order valence-corrected chi connectivity index (χ3v) is 2.86. The maximum absolute atomic E-state index is 11.1. The zero-order chi connectivity index (χ0) is 14.6. The average Bonchev–Trinajstić information content (AvgIpc) is 2.41. The van der Waals surface area contributed by atoms with Crippen LogP contribution in [0.2, 0.25) is 0 Å². The first-order chi connectivity index (χ1) is 9.49. The van der Waals surface area contributed by atoms with E-state index in [0.717, 1.165) is 6.26 Å². The van der Waals surface area contributed by atoms with Crippen LogP contribution >= 0.6 is 0 Å². The normalized spacial score (nSPS) is 10.3. The molecule has 0 aromatic heterocycles. The number of hydrogen-bond donors (Lipinski definition) is 0. The summed E-state index contributed by atoms with van der Waals surface area (Å²) in [6.07, 6.45) is 2.76. The van der Waals surface area contributed by atoms with Crippen LogP contribution in [0.1, 0.15) is 0 Å². The fourth-order valence-electron chi connectivity index (χ4n) is 1.59. The molecule has 0 saturated heterocycles. The molecule has 21 heavy (non-hydrogen) atoms. The minimum absolute atomic E-state index is 0. The van der Waals surface area contributed by atoms with Gasteiger partial charge in [-0.1, -0.05) is 17.8 Å². The van der Waals surface area contributed by atoms with Crippen LogP contribution in [0.25, 0.3) is 0 Å². The quantitative estimate of drug-likeness (QED) is 0.454. The van der Waals surface area contributed by atoms with Gasteiger partial charge < -0.3 is 13.9 Å². The Morgan fingerprint density at radius 2 is 1.81 bits per heavy atom. The summed E-state index contributed by atoms with van der Waals surface area (Å²) in [5, 5.41) is 0.